The predicted molar refractivity (Wildman–Crippen MR) is 135 cm³/mol. The molecule has 194 valence electrons. The SMILES string of the molecule is C[C@@]12CC[C@@H]3[C@](C)(CC[C@H](O)[C@]3(C)CO)[C@H]1CC[C@H]1C(=CC[C@@H]3[C@]1(C)CC[C@@H](O)[C@]3(C)CO)C2. The molecule has 4 heteroatoms. The number of aliphatic hydroxyl groups is 4. The summed E-state index contributed by atoms with van der Waals surface area (Å²) in [4.78, 5) is 0. The topological polar surface area (TPSA) is 80.9 Å². The van der Waals surface area contributed by atoms with Crippen LogP contribution in [0.4, 0.5) is 0 Å². The third-order valence-corrected chi connectivity index (χ3v) is 13.2. The van der Waals surface area contributed by atoms with Gasteiger partial charge in [0.15, 0.2) is 0 Å². The van der Waals surface area contributed by atoms with Crippen molar-refractivity contribution in [3.63, 3.8) is 0 Å². The Labute approximate surface area is 207 Å². The Hall–Kier alpha value is -0.420. The molecule has 4 saturated carbocycles. The van der Waals surface area contributed by atoms with E-state index in [0.717, 1.165) is 38.5 Å². The lowest BCUT2D eigenvalue weighted by molar-refractivity contribution is -0.189. The van der Waals surface area contributed by atoms with E-state index in [1.807, 2.05) is 0 Å². The van der Waals surface area contributed by atoms with Crippen LogP contribution in [0.1, 0.15) is 98.8 Å². The third-order valence-electron chi connectivity index (χ3n) is 13.2. The predicted octanol–water partition coefficient (Wildman–Crippen LogP) is 5.08. The van der Waals surface area contributed by atoms with E-state index in [2.05, 4.69) is 40.7 Å². The zero-order valence-electron chi connectivity index (χ0n) is 22.3. The van der Waals surface area contributed by atoms with Crippen molar-refractivity contribution in [2.75, 3.05) is 13.2 Å². The maximum Gasteiger partial charge on any atom is 0.0618 e. The first-order valence-corrected chi connectivity index (χ1v) is 14.2. The molecule has 4 N–H and O–H groups in total. The van der Waals surface area contributed by atoms with E-state index in [0.29, 0.717) is 23.7 Å². The van der Waals surface area contributed by atoms with Gasteiger partial charge in [0.1, 0.15) is 0 Å². The molecule has 0 heterocycles. The van der Waals surface area contributed by atoms with E-state index in [4.69, 9.17) is 0 Å². The van der Waals surface area contributed by atoms with Gasteiger partial charge in [0.25, 0.3) is 0 Å². The van der Waals surface area contributed by atoms with Gasteiger partial charge in [0.2, 0.25) is 0 Å². The summed E-state index contributed by atoms with van der Waals surface area (Å²) in [6, 6.07) is 0. The van der Waals surface area contributed by atoms with E-state index in [9.17, 15) is 20.4 Å². The van der Waals surface area contributed by atoms with Crippen molar-refractivity contribution in [1.82, 2.24) is 0 Å². The Morgan fingerprint density at radius 2 is 1.29 bits per heavy atom. The largest absolute Gasteiger partial charge is 0.396 e. The average molecular weight is 475 g/mol. The molecule has 0 aromatic rings. The molecule has 5 rings (SSSR count). The van der Waals surface area contributed by atoms with Gasteiger partial charge in [-0.05, 0) is 104 Å². The van der Waals surface area contributed by atoms with Crippen LogP contribution in [-0.2, 0) is 0 Å². The highest BCUT2D eigenvalue weighted by atomic mass is 16.3. The molecule has 0 spiro atoms. The number of rotatable bonds is 2. The minimum atomic E-state index is -0.419. The van der Waals surface area contributed by atoms with Crippen molar-refractivity contribution in [1.29, 1.82) is 0 Å². The standard InChI is InChI=1S/C30H50O4/c1-26-13-10-23-28(3,15-12-25(34)30(23,5)18-32)21(26)9-7-20-19(16-26)6-8-22-27(20,2)14-11-24(33)29(22,4)17-31/h6,20-25,31-34H,7-18H2,1-5H3/t20-,21-,22+,23+,24+,25-,26-,27+,28+,29+,30+/m0/s1. The molecule has 0 aliphatic heterocycles. The molecule has 0 saturated heterocycles. The molecule has 4 nitrogen and oxygen atoms in total. The second-order valence-electron chi connectivity index (χ2n) is 14.6. The number of aliphatic hydroxyl groups excluding tert-OH is 4. The first kappa shape index (κ1) is 25.2. The summed E-state index contributed by atoms with van der Waals surface area (Å²) >= 11 is 0. The van der Waals surface area contributed by atoms with Crippen LogP contribution in [0.25, 0.3) is 0 Å². The van der Waals surface area contributed by atoms with Gasteiger partial charge >= 0.3 is 0 Å². The van der Waals surface area contributed by atoms with Crippen molar-refractivity contribution in [3.8, 4) is 0 Å². The molecule has 5 aliphatic rings. The van der Waals surface area contributed by atoms with Gasteiger partial charge in [-0.3, -0.25) is 0 Å². The molecule has 4 fully saturated rings. The maximum absolute atomic E-state index is 10.9. The molecule has 0 bridgehead atoms. The van der Waals surface area contributed by atoms with Gasteiger partial charge in [-0.1, -0.05) is 46.3 Å². The van der Waals surface area contributed by atoms with E-state index >= 15 is 0 Å². The molecule has 0 unspecified atom stereocenters. The summed E-state index contributed by atoms with van der Waals surface area (Å²) in [6.45, 7) is 11.9. The maximum atomic E-state index is 10.9. The van der Waals surface area contributed by atoms with Gasteiger partial charge in [0.05, 0.1) is 25.4 Å². The van der Waals surface area contributed by atoms with E-state index in [1.54, 1.807) is 5.57 Å². The average Bonchev–Trinajstić information content (AvgIpc) is 2.96. The van der Waals surface area contributed by atoms with Crippen molar-refractivity contribution >= 4 is 0 Å². The Morgan fingerprint density at radius 1 is 0.706 bits per heavy atom. The smallest absolute Gasteiger partial charge is 0.0618 e. The van der Waals surface area contributed by atoms with Crippen molar-refractivity contribution < 1.29 is 20.4 Å². The third kappa shape index (κ3) is 3.17. The number of allylic oxidation sites excluding steroid dienone is 2. The molecule has 0 aromatic carbocycles. The molecule has 0 aromatic heterocycles. The number of fused-ring (bicyclic) bond motifs is 6. The molecule has 34 heavy (non-hydrogen) atoms. The monoisotopic (exact) mass is 474 g/mol. The van der Waals surface area contributed by atoms with Crippen molar-refractivity contribution in [2.24, 2.45) is 50.7 Å². The normalized spacial score (nSPS) is 57.4. The van der Waals surface area contributed by atoms with E-state index < -0.39 is 23.0 Å². The van der Waals surface area contributed by atoms with Gasteiger partial charge in [0, 0.05) is 10.8 Å². The summed E-state index contributed by atoms with van der Waals surface area (Å²) < 4.78 is 0. The molecule has 11 atom stereocenters. The van der Waals surface area contributed by atoms with Crippen LogP contribution >= 0.6 is 0 Å². The highest BCUT2D eigenvalue weighted by Crippen LogP contribution is 2.70. The lowest BCUT2D eigenvalue weighted by Crippen LogP contribution is -2.60. The lowest BCUT2D eigenvalue weighted by Gasteiger charge is -2.64. The first-order chi connectivity index (χ1) is 15.9. The summed E-state index contributed by atoms with van der Waals surface area (Å²) in [7, 11) is 0. The molecular weight excluding hydrogens is 424 g/mol. The summed E-state index contributed by atoms with van der Waals surface area (Å²) in [6.07, 6.45) is 12.2. The Morgan fingerprint density at radius 3 is 1.91 bits per heavy atom. The van der Waals surface area contributed by atoms with E-state index in [-0.39, 0.29) is 29.5 Å². The number of hydrogen-bond acceptors (Lipinski definition) is 4. The molecule has 5 aliphatic carbocycles. The van der Waals surface area contributed by atoms with Crippen LogP contribution < -0.4 is 0 Å². The Balaban J connectivity index is 1.50. The van der Waals surface area contributed by atoms with Crippen LogP contribution in [0.5, 0.6) is 0 Å². The van der Waals surface area contributed by atoms with Crippen LogP contribution in [0, 0.1) is 50.7 Å². The minimum absolute atomic E-state index is 0.0620. The highest BCUT2D eigenvalue weighted by molar-refractivity contribution is 5.25. The summed E-state index contributed by atoms with van der Waals surface area (Å²) in [5.41, 5.74) is 1.39. The fraction of sp³-hybridized carbons (Fsp3) is 0.933. The van der Waals surface area contributed by atoms with Gasteiger partial charge in [-0.2, -0.15) is 0 Å². The van der Waals surface area contributed by atoms with Crippen molar-refractivity contribution in [2.45, 2.75) is 111 Å². The quantitative estimate of drug-likeness (QED) is 0.421. The fourth-order valence-corrected chi connectivity index (χ4v) is 11.0. The lowest BCUT2D eigenvalue weighted by atomic mass is 9.42. The molecule has 0 radical (unpaired) electrons. The van der Waals surface area contributed by atoms with Gasteiger partial charge < -0.3 is 20.4 Å². The van der Waals surface area contributed by atoms with Crippen LogP contribution in [-0.4, -0.2) is 45.8 Å². The van der Waals surface area contributed by atoms with Crippen LogP contribution in [0.15, 0.2) is 11.6 Å². The molecule has 0 amide bonds. The summed E-state index contributed by atoms with van der Waals surface area (Å²) in [5, 5.41) is 42.6. The molecular formula is C30H50O4. The van der Waals surface area contributed by atoms with Gasteiger partial charge in [-0.15, -0.1) is 0 Å². The zero-order valence-corrected chi connectivity index (χ0v) is 22.3. The zero-order chi connectivity index (χ0) is 24.7. The Kier molecular flexibility index (Phi) is 5.97. The second kappa shape index (κ2) is 8.04. The van der Waals surface area contributed by atoms with E-state index in [1.165, 1.54) is 25.7 Å². The minimum Gasteiger partial charge on any atom is -0.396 e. The van der Waals surface area contributed by atoms with Crippen LogP contribution in [0.2, 0.25) is 0 Å². The highest BCUT2D eigenvalue weighted by Gasteiger charge is 2.64. The first-order valence-electron chi connectivity index (χ1n) is 14.2. The van der Waals surface area contributed by atoms with Gasteiger partial charge in [-0.25, -0.2) is 0 Å². The van der Waals surface area contributed by atoms with Crippen molar-refractivity contribution in [3.05, 3.63) is 11.6 Å². The second-order valence-corrected chi connectivity index (χ2v) is 14.6. The Bertz CT molecular complexity index is 840. The van der Waals surface area contributed by atoms with Crippen LogP contribution in [0.3, 0.4) is 0 Å². The summed E-state index contributed by atoms with van der Waals surface area (Å²) in [5.74, 6) is 1.82. The fourth-order valence-electron chi connectivity index (χ4n) is 11.0. The number of hydrogen-bond donors (Lipinski definition) is 4.